The van der Waals surface area contributed by atoms with E-state index >= 15 is 0 Å². The zero-order valence-corrected chi connectivity index (χ0v) is 11.2. The van der Waals surface area contributed by atoms with Crippen LogP contribution in [0.1, 0.15) is 43.5 Å². The number of fused-ring (bicyclic) bond motifs is 1. The van der Waals surface area contributed by atoms with Gasteiger partial charge in [-0.05, 0) is 43.7 Å². The van der Waals surface area contributed by atoms with Gasteiger partial charge in [-0.25, -0.2) is 0 Å². The molecule has 2 nitrogen and oxygen atoms in total. The average Bonchev–Trinajstić information content (AvgIpc) is 2.36. The van der Waals surface area contributed by atoms with Crippen LogP contribution in [-0.2, 0) is 19.3 Å². The topological polar surface area (TPSA) is 25.8 Å². The maximum Gasteiger partial charge on any atom is 0.0500 e. The van der Waals surface area contributed by atoms with Gasteiger partial charge >= 0.3 is 0 Å². The Morgan fingerprint density at radius 2 is 1.47 bits per heavy atom. The lowest BCUT2D eigenvalue weighted by Crippen LogP contribution is -2.00. The van der Waals surface area contributed by atoms with Gasteiger partial charge in [-0.2, -0.15) is 0 Å². The molecule has 0 saturated heterocycles. The molecule has 17 heavy (non-hydrogen) atoms. The molecule has 2 rings (SSSR count). The Morgan fingerprint density at radius 3 is 2.00 bits per heavy atom. The van der Waals surface area contributed by atoms with Crippen LogP contribution in [0.4, 0.5) is 0 Å². The van der Waals surface area contributed by atoms with Crippen molar-refractivity contribution in [1.29, 1.82) is 0 Å². The van der Waals surface area contributed by atoms with Crippen molar-refractivity contribution in [3.63, 3.8) is 0 Å². The summed E-state index contributed by atoms with van der Waals surface area (Å²) in [5.41, 5.74) is 4.66. The smallest absolute Gasteiger partial charge is 0.0500 e. The van der Waals surface area contributed by atoms with E-state index in [4.69, 9.17) is 4.98 Å². The van der Waals surface area contributed by atoms with Crippen molar-refractivity contribution in [3.8, 4) is 0 Å². The Hall–Kier alpha value is -1.44. The minimum absolute atomic E-state index is 0.971. The molecule has 0 N–H and O–H groups in total. The lowest BCUT2D eigenvalue weighted by atomic mass is 10.0. The first kappa shape index (κ1) is 12.0. The summed E-state index contributed by atoms with van der Waals surface area (Å²) in [5, 5.41) is 2.56. The van der Waals surface area contributed by atoms with Gasteiger partial charge in [0.15, 0.2) is 0 Å². The van der Waals surface area contributed by atoms with Gasteiger partial charge in [0.2, 0.25) is 0 Å². The number of aryl methyl sites for hydroxylation is 4. The van der Waals surface area contributed by atoms with E-state index in [1.807, 2.05) is 0 Å². The molecule has 2 aromatic heterocycles. The van der Waals surface area contributed by atoms with E-state index in [-0.39, 0.29) is 0 Å². The summed E-state index contributed by atoms with van der Waals surface area (Å²) < 4.78 is 0. The molecule has 2 aromatic rings. The summed E-state index contributed by atoms with van der Waals surface area (Å²) >= 11 is 0. The van der Waals surface area contributed by atoms with Gasteiger partial charge < -0.3 is 0 Å². The number of rotatable bonds is 3. The van der Waals surface area contributed by atoms with Gasteiger partial charge in [0.25, 0.3) is 0 Å². The van der Waals surface area contributed by atoms with E-state index in [9.17, 15) is 0 Å². The first-order valence-electron chi connectivity index (χ1n) is 6.48. The molecular formula is C15H20N2. The SMILES string of the molecule is CCc1cc2cc(CC)nc(CC)c2c(C)n1. The highest BCUT2D eigenvalue weighted by atomic mass is 14.7. The van der Waals surface area contributed by atoms with Gasteiger partial charge in [0.1, 0.15) is 0 Å². The van der Waals surface area contributed by atoms with Crippen molar-refractivity contribution in [2.75, 3.05) is 0 Å². The summed E-state index contributed by atoms with van der Waals surface area (Å²) in [4.78, 5) is 9.36. The molecule has 0 fully saturated rings. The molecular weight excluding hydrogens is 208 g/mol. The minimum Gasteiger partial charge on any atom is -0.257 e. The van der Waals surface area contributed by atoms with E-state index in [0.29, 0.717) is 0 Å². The van der Waals surface area contributed by atoms with Crippen molar-refractivity contribution in [2.24, 2.45) is 0 Å². The second-order valence-corrected chi connectivity index (χ2v) is 4.42. The van der Waals surface area contributed by atoms with Crippen molar-refractivity contribution in [2.45, 2.75) is 47.0 Å². The van der Waals surface area contributed by atoms with Crippen LogP contribution < -0.4 is 0 Å². The summed E-state index contributed by atoms with van der Waals surface area (Å²) in [5.74, 6) is 0. The molecule has 2 heterocycles. The normalized spacial score (nSPS) is 11.1. The van der Waals surface area contributed by atoms with Crippen LogP contribution in [0.25, 0.3) is 10.8 Å². The molecule has 0 aliphatic heterocycles. The average molecular weight is 228 g/mol. The highest BCUT2D eigenvalue weighted by Gasteiger charge is 2.08. The molecule has 0 amide bonds. The van der Waals surface area contributed by atoms with Crippen LogP contribution >= 0.6 is 0 Å². The zero-order valence-electron chi connectivity index (χ0n) is 11.2. The maximum atomic E-state index is 4.71. The fourth-order valence-electron chi connectivity index (χ4n) is 2.31. The van der Waals surface area contributed by atoms with Crippen molar-refractivity contribution in [3.05, 3.63) is 34.9 Å². The number of pyridine rings is 2. The van der Waals surface area contributed by atoms with Crippen LogP contribution in [0.15, 0.2) is 12.1 Å². The zero-order chi connectivity index (χ0) is 12.4. The fourth-order valence-corrected chi connectivity index (χ4v) is 2.31. The molecule has 0 aliphatic rings. The van der Waals surface area contributed by atoms with Gasteiger partial charge in [-0.3, -0.25) is 9.97 Å². The monoisotopic (exact) mass is 228 g/mol. The molecule has 90 valence electrons. The van der Waals surface area contributed by atoms with Crippen LogP contribution in [-0.4, -0.2) is 9.97 Å². The molecule has 0 aliphatic carbocycles. The third-order valence-corrected chi connectivity index (χ3v) is 3.23. The van der Waals surface area contributed by atoms with Crippen LogP contribution in [0.2, 0.25) is 0 Å². The maximum absolute atomic E-state index is 4.71. The quantitative estimate of drug-likeness (QED) is 0.801. The Bertz CT molecular complexity index is 539. The van der Waals surface area contributed by atoms with Gasteiger partial charge in [-0.1, -0.05) is 20.8 Å². The Labute approximate surface area is 103 Å². The Balaban J connectivity index is 2.79. The van der Waals surface area contributed by atoms with Gasteiger partial charge in [0, 0.05) is 22.5 Å². The molecule has 0 aromatic carbocycles. The van der Waals surface area contributed by atoms with Crippen molar-refractivity contribution in [1.82, 2.24) is 9.97 Å². The lowest BCUT2D eigenvalue weighted by Gasteiger charge is -2.10. The summed E-state index contributed by atoms with van der Waals surface area (Å²) in [6.45, 7) is 8.56. The molecule has 0 spiro atoms. The highest BCUT2D eigenvalue weighted by molar-refractivity contribution is 5.87. The van der Waals surface area contributed by atoms with E-state index < -0.39 is 0 Å². The summed E-state index contributed by atoms with van der Waals surface area (Å²) in [6, 6.07) is 4.42. The lowest BCUT2D eigenvalue weighted by molar-refractivity contribution is 0.959. The molecule has 0 saturated carbocycles. The second kappa shape index (κ2) is 4.82. The van der Waals surface area contributed by atoms with Crippen molar-refractivity contribution >= 4 is 10.8 Å². The third-order valence-electron chi connectivity index (χ3n) is 3.23. The predicted molar refractivity (Wildman–Crippen MR) is 72.4 cm³/mol. The van der Waals surface area contributed by atoms with Crippen LogP contribution in [0.5, 0.6) is 0 Å². The first-order valence-corrected chi connectivity index (χ1v) is 6.48. The fraction of sp³-hybridized carbons (Fsp3) is 0.467. The minimum atomic E-state index is 0.971. The van der Waals surface area contributed by atoms with Crippen molar-refractivity contribution < 1.29 is 0 Å². The summed E-state index contributed by atoms with van der Waals surface area (Å²) in [6.07, 6.45) is 2.95. The van der Waals surface area contributed by atoms with E-state index in [0.717, 1.165) is 25.0 Å². The van der Waals surface area contributed by atoms with E-state index in [2.05, 4.69) is 44.8 Å². The van der Waals surface area contributed by atoms with Gasteiger partial charge in [0.05, 0.1) is 5.69 Å². The van der Waals surface area contributed by atoms with Crippen LogP contribution in [0.3, 0.4) is 0 Å². The number of hydrogen-bond donors (Lipinski definition) is 0. The number of aromatic nitrogens is 2. The first-order chi connectivity index (χ1) is 8.19. The van der Waals surface area contributed by atoms with E-state index in [1.54, 1.807) is 0 Å². The standard InChI is InChI=1S/C15H20N2/c1-5-12-8-11-9-13(6-2)17-14(7-3)15(11)10(4)16-12/h8-9H,5-7H2,1-4H3. The molecule has 0 bridgehead atoms. The Kier molecular flexibility index (Phi) is 3.41. The highest BCUT2D eigenvalue weighted by Crippen LogP contribution is 2.23. The molecule has 0 atom stereocenters. The molecule has 0 radical (unpaired) electrons. The third kappa shape index (κ3) is 2.17. The van der Waals surface area contributed by atoms with Gasteiger partial charge in [-0.15, -0.1) is 0 Å². The summed E-state index contributed by atoms with van der Waals surface area (Å²) in [7, 11) is 0. The predicted octanol–water partition coefficient (Wildman–Crippen LogP) is 3.63. The number of hydrogen-bond acceptors (Lipinski definition) is 2. The number of nitrogens with zero attached hydrogens (tertiary/aromatic N) is 2. The van der Waals surface area contributed by atoms with Crippen LogP contribution in [0, 0.1) is 6.92 Å². The molecule has 2 heteroatoms. The van der Waals surface area contributed by atoms with E-state index in [1.165, 1.54) is 27.9 Å². The largest absolute Gasteiger partial charge is 0.257 e. The Morgan fingerprint density at radius 1 is 0.882 bits per heavy atom. The second-order valence-electron chi connectivity index (χ2n) is 4.42. The molecule has 0 unspecified atom stereocenters.